The number of hydrogen-bond acceptors (Lipinski definition) is 9. The Bertz CT molecular complexity index is 1710. The first-order valence-electron chi connectivity index (χ1n) is 13.7. The first-order chi connectivity index (χ1) is 19.6. The number of phenolic OH excluding ortho intramolecular Hbond substituents is 5. The van der Waals surface area contributed by atoms with Gasteiger partial charge in [0.1, 0.15) is 34.4 Å². The van der Waals surface area contributed by atoms with Gasteiger partial charge in [-0.05, 0) is 111 Å². The zero-order valence-corrected chi connectivity index (χ0v) is 21.9. The van der Waals surface area contributed by atoms with E-state index in [9.17, 15) is 40.7 Å². The third-order valence-electron chi connectivity index (χ3n) is 9.23. The van der Waals surface area contributed by atoms with E-state index in [0.29, 0.717) is 57.4 Å². The van der Waals surface area contributed by atoms with E-state index >= 15 is 0 Å². The van der Waals surface area contributed by atoms with Crippen molar-refractivity contribution in [1.29, 1.82) is 0 Å². The topological polar surface area (TPSA) is 171 Å². The number of nitroso groups, excluding NO2 is 1. The Hall–Kier alpha value is -4.50. The summed E-state index contributed by atoms with van der Waals surface area (Å²) >= 11 is 0. The van der Waals surface area contributed by atoms with E-state index < -0.39 is 6.10 Å². The minimum atomic E-state index is -0.965. The molecule has 7 N–H and O–H groups in total. The average Bonchev–Trinajstić information content (AvgIpc) is 3.84. The molecule has 9 nitrogen and oxygen atoms in total. The highest BCUT2D eigenvalue weighted by molar-refractivity contribution is 5.61. The summed E-state index contributed by atoms with van der Waals surface area (Å²) in [6.07, 6.45) is 2.40. The summed E-state index contributed by atoms with van der Waals surface area (Å²) in [6, 6.07) is 9.05. The summed E-state index contributed by atoms with van der Waals surface area (Å²) in [5.41, 5.74) is 4.66. The van der Waals surface area contributed by atoms with Gasteiger partial charge in [0.05, 0.1) is 11.9 Å². The molecule has 0 radical (unpaired) electrons. The predicted molar refractivity (Wildman–Crippen MR) is 149 cm³/mol. The Morgan fingerprint density at radius 1 is 0.610 bits per heavy atom. The monoisotopic (exact) mass is 555 g/mol. The SMILES string of the molecule is O=Nc1cc(O)c2cc1CC1=CC(=C(O)CC1O)C1CC1c1cc(c(O)cc1O)Cc1cc(c(O)cc1O)C1CC21. The summed E-state index contributed by atoms with van der Waals surface area (Å²) in [6.45, 7) is 0. The number of benzene rings is 3. The number of aromatic hydroxyl groups is 5. The average molecular weight is 556 g/mol. The summed E-state index contributed by atoms with van der Waals surface area (Å²) in [5.74, 6) is -0.994. The fourth-order valence-corrected chi connectivity index (χ4v) is 6.82. The Kier molecular flexibility index (Phi) is 5.59. The maximum atomic E-state index is 11.7. The van der Waals surface area contributed by atoms with Gasteiger partial charge in [0.2, 0.25) is 0 Å². The van der Waals surface area contributed by atoms with Crippen LogP contribution in [0.2, 0.25) is 0 Å². The number of phenols is 5. The van der Waals surface area contributed by atoms with Crippen LogP contribution in [0.1, 0.15) is 70.4 Å². The van der Waals surface area contributed by atoms with Crippen LogP contribution >= 0.6 is 0 Å². The molecule has 0 spiro atoms. The van der Waals surface area contributed by atoms with E-state index in [0.717, 1.165) is 0 Å². The van der Waals surface area contributed by atoms with Gasteiger partial charge < -0.3 is 35.7 Å². The lowest BCUT2D eigenvalue weighted by Gasteiger charge is -2.23. The molecule has 7 rings (SSSR count). The van der Waals surface area contributed by atoms with Crippen LogP contribution in [0.4, 0.5) is 5.69 Å². The maximum absolute atomic E-state index is 11.7. The number of fused-ring (bicyclic) bond motifs is 13. The van der Waals surface area contributed by atoms with Crippen molar-refractivity contribution in [3.63, 3.8) is 0 Å². The van der Waals surface area contributed by atoms with Crippen LogP contribution in [0.15, 0.2) is 64.6 Å². The lowest BCUT2D eigenvalue weighted by atomic mass is 9.86. The second-order valence-electron chi connectivity index (χ2n) is 11.8. The normalized spacial score (nSPS) is 26.2. The standard InChI is InChI=1S/C32H29NO8/c34-26-10-30(38)22-4-14(26)1-13-3-21(29(37)9-25(13)33-41)17-7-18(17)23-5-15(27(35)11-31(23)39)2-16-6-24(20-8-19(20)22)32(40)12-28(16)36/h3-6,9,11-12,17-20,26,34-40H,1-2,7-8,10H2. The molecule has 2 fully saturated rings. The molecule has 3 aromatic carbocycles. The van der Waals surface area contributed by atoms with Gasteiger partial charge in [-0.15, -0.1) is 4.91 Å². The van der Waals surface area contributed by atoms with Gasteiger partial charge in [0, 0.05) is 31.0 Å². The summed E-state index contributed by atoms with van der Waals surface area (Å²) < 4.78 is 0. The Labute approximate surface area is 235 Å². The molecular weight excluding hydrogens is 526 g/mol. The van der Waals surface area contributed by atoms with Gasteiger partial charge in [-0.1, -0.05) is 6.08 Å². The Balaban J connectivity index is 1.40. The number of hydrogen-bond donors (Lipinski definition) is 7. The highest BCUT2D eigenvalue weighted by Crippen LogP contribution is 2.60. The zero-order chi connectivity index (χ0) is 28.7. The van der Waals surface area contributed by atoms with Crippen LogP contribution in [0, 0.1) is 10.8 Å². The highest BCUT2D eigenvalue weighted by atomic mass is 16.3. The van der Waals surface area contributed by atoms with Crippen LogP contribution < -0.4 is 0 Å². The van der Waals surface area contributed by atoms with Crippen molar-refractivity contribution in [3.05, 3.63) is 97.7 Å². The third-order valence-corrected chi connectivity index (χ3v) is 9.23. The van der Waals surface area contributed by atoms with Gasteiger partial charge in [-0.3, -0.25) is 0 Å². The molecule has 0 heterocycles. The highest BCUT2D eigenvalue weighted by Gasteiger charge is 2.45. The predicted octanol–water partition coefficient (Wildman–Crippen LogP) is 5.64. The number of rotatable bonds is 1. The summed E-state index contributed by atoms with van der Waals surface area (Å²) in [5, 5.41) is 78.4. The number of allylic oxidation sites excluding steroid dienone is 2. The molecule has 5 atom stereocenters. The fourth-order valence-electron chi connectivity index (χ4n) is 6.82. The van der Waals surface area contributed by atoms with Gasteiger partial charge in [0.25, 0.3) is 0 Å². The molecule has 0 amide bonds. The molecule has 5 unspecified atom stereocenters. The molecule has 3 aromatic rings. The van der Waals surface area contributed by atoms with Crippen LogP contribution in [-0.4, -0.2) is 41.8 Å². The van der Waals surface area contributed by atoms with Crippen molar-refractivity contribution in [1.82, 2.24) is 0 Å². The summed E-state index contributed by atoms with van der Waals surface area (Å²) in [7, 11) is 0. The summed E-state index contributed by atoms with van der Waals surface area (Å²) in [4.78, 5) is 11.7. The molecular formula is C32H29NO8. The van der Waals surface area contributed by atoms with Gasteiger partial charge >= 0.3 is 0 Å². The van der Waals surface area contributed by atoms with Crippen molar-refractivity contribution >= 4 is 5.69 Å². The lowest BCUT2D eigenvalue weighted by molar-refractivity contribution is 0.183. The second-order valence-corrected chi connectivity index (χ2v) is 11.8. The van der Waals surface area contributed by atoms with E-state index in [4.69, 9.17) is 0 Å². The van der Waals surface area contributed by atoms with E-state index in [-0.39, 0.29) is 83.1 Å². The number of aliphatic hydroxyl groups is 2. The van der Waals surface area contributed by atoms with Crippen molar-refractivity contribution in [2.45, 2.75) is 56.0 Å². The molecule has 0 aliphatic heterocycles. The molecule has 4 aliphatic rings. The molecule has 4 aliphatic carbocycles. The van der Waals surface area contributed by atoms with E-state index in [1.807, 2.05) is 0 Å². The molecule has 0 saturated heterocycles. The molecule has 8 bridgehead atoms. The molecule has 0 aromatic heterocycles. The third kappa shape index (κ3) is 4.19. The largest absolute Gasteiger partial charge is 0.512 e. The number of nitrogens with zero attached hydrogens (tertiary/aromatic N) is 1. The maximum Gasteiger partial charge on any atom is 0.122 e. The first kappa shape index (κ1) is 25.5. The van der Waals surface area contributed by atoms with Gasteiger partial charge in [-0.25, -0.2) is 0 Å². The van der Waals surface area contributed by atoms with E-state index in [1.54, 1.807) is 24.3 Å². The lowest BCUT2D eigenvalue weighted by Crippen LogP contribution is -2.19. The first-order valence-corrected chi connectivity index (χ1v) is 13.7. The van der Waals surface area contributed by atoms with Crippen molar-refractivity contribution < 1.29 is 35.7 Å². The van der Waals surface area contributed by atoms with Gasteiger partial charge in [-0.2, -0.15) is 0 Å². The molecule has 41 heavy (non-hydrogen) atoms. The minimum Gasteiger partial charge on any atom is -0.512 e. The van der Waals surface area contributed by atoms with Crippen molar-refractivity contribution in [3.8, 4) is 28.7 Å². The molecule has 2 saturated carbocycles. The van der Waals surface area contributed by atoms with Crippen LogP contribution in [0.25, 0.3) is 0 Å². The van der Waals surface area contributed by atoms with Crippen molar-refractivity contribution in [2.75, 3.05) is 0 Å². The molecule has 210 valence electrons. The van der Waals surface area contributed by atoms with Crippen LogP contribution in [-0.2, 0) is 12.8 Å². The minimum absolute atomic E-state index is 0.0177. The second kappa shape index (κ2) is 9.01. The quantitative estimate of drug-likeness (QED) is 0.189. The van der Waals surface area contributed by atoms with Crippen molar-refractivity contribution in [2.24, 2.45) is 11.1 Å². The van der Waals surface area contributed by atoms with Crippen LogP contribution in [0.5, 0.6) is 28.7 Å². The number of aliphatic hydroxyl groups excluding tert-OH is 2. The van der Waals surface area contributed by atoms with E-state index in [1.165, 1.54) is 18.2 Å². The Morgan fingerprint density at radius 3 is 1.71 bits per heavy atom. The smallest absolute Gasteiger partial charge is 0.122 e. The zero-order valence-electron chi connectivity index (χ0n) is 21.9. The molecule has 9 heteroatoms. The Morgan fingerprint density at radius 2 is 1.12 bits per heavy atom. The fraction of sp³-hybridized carbons (Fsp3) is 0.312. The van der Waals surface area contributed by atoms with E-state index in [2.05, 4.69) is 5.18 Å². The van der Waals surface area contributed by atoms with Crippen LogP contribution in [0.3, 0.4) is 0 Å². The van der Waals surface area contributed by atoms with Gasteiger partial charge in [0.15, 0.2) is 0 Å².